The van der Waals surface area contributed by atoms with Gasteiger partial charge in [0.05, 0.1) is 11.0 Å². The molecule has 1 aromatic carbocycles. The number of aromatic nitrogens is 2. The van der Waals surface area contributed by atoms with Gasteiger partial charge in [0, 0.05) is 11.1 Å². The molecule has 1 fully saturated rings. The minimum Gasteiger partial charge on any atom is -0.369 e. The number of rotatable bonds is 1. The molecule has 1 saturated carbocycles. The molecule has 0 saturated heterocycles. The summed E-state index contributed by atoms with van der Waals surface area (Å²) in [6.45, 7) is 9.42. The highest BCUT2D eigenvalue weighted by atomic mass is 35.5. The van der Waals surface area contributed by atoms with E-state index < -0.39 is 0 Å². The normalized spacial score (nSPS) is 21.8. The Hall–Kier alpha value is -1.22. The Morgan fingerprint density at radius 2 is 1.81 bits per heavy atom. The van der Waals surface area contributed by atoms with Crippen LogP contribution in [0.3, 0.4) is 0 Å². The molecule has 1 aliphatic carbocycles. The number of hydrogen-bond acceptors (Lipinski definition) is 2. The quantitative estimate of drug-likeness (QED) is 0.801. The number of hydrogen-bond donors (Lipinski definition) is 1. The third kappa shape index (κ3) is 2.76. The van der Waals surface area contributed by atoms with Crippen LogP contribution in [0.15, 0.2) is 18.2 Å². The fraction of sp³-hybridized carbons (Fsp3) is 0.588. The van der Waals surface area contributed by atoms with Crippen molar-refractivity contribution < 1.29 is 0 Å². The summed E-state index contributed by atoms with van der Waals surface area (Å²) in [7, 11) is 0. The molecule has 0 atom stereocenters. The zero-order valence-corrected chi connectivity index (χ0v) is 14.0. The van der Waals surface area contributed by atoms with Crippen LogP contribution in [0.4, 0.5) is 5.95 Å². The van der Waals surface area contributed by atoms with Crippen LogP contribution in [0, 0.1) is 10.8 Å². The topological polar surface area (TPSA) is 43.8 Å². The second-order valence-corrected chi connectivity index (χ2v) is 8.48. The van der Waals surface area contributed by atoms with Crippen LogP contribution in [0.2, 0.25) is 5.02 Å². The van der Waals surface area contributed by atoms with Crippen LogP contribution < -0.4 is 5.73 Å². The monoisotopic (exact) mass is 305 g/mol. The summed E-state index contributed by atoms with van der Waals surface area (Å²) in [4.78, 5) is 4.50. The van der Waals surface area contributed by atoms with Gasteiger partial charge in [-0.3, -0.25) is 0 Å². The Morgan fingerprint density at radius 1 is 1.19 bits per heavy atom. The predicted octanol–water partition coefficient (Wildman–Crippen LogP) is 5.05. The Morgan fingerprint density at radius 3 is 2.43 bits per heavy atom. The van der Waals surface area contributed by atoms with Crippen LogP contribution in [-0.2, 0) is 0 Å². The van der Waals surface area contributed by atoms with E-state index in [-0.39, 0.29) is 0 Å². The van der Waals surface area contributed by atoms with Crippen LogP contribution in [0.1, 0.15) is 53.0 Å². The van der Waals surface area contributed by atoms with Gasteiger partial charge in [-0.1, -0.05) is 39.3 Å². The zero-order valence-electron chi connectivity index (χ0n) is 13.3. The molecule has 4 heteroatoms. The maximum atomic E-state index is 6.22. The van der Waals surface area contributed by atoms with E-state index in [9.17, 15) is 0 Å². The first-order valence-corrected chi connectivity index (χ1v) is 7.98. The number of anilines is 1. The van der Waals surface area contributed by atoms with Crippen LogP contribution >= 0.6 is 11.6 Å². The molecule has 114 valence electrons. The molecule has 0 bridgehead atoms. The summed E-state index contributed by atoms with van der Waals surface area (Å²) in [5.74, 6) is 0.603. The SMILES string of the molecule is CC1(C)CC(n2c(N)nc3cc(Cl)ccc32)CC(C)(C)C1. The lowest BCUT2D eigenvalue weighted by molar-refractivity contribution is 0.0746. The summed E-state index contributed by atoms with van der Waals surface area (Å²) < 4.78 is 2.22. The number of nitrogens with two attached hydrogens (primary N) is 1. The lowest BCUT2D eigenvalue weighted by atomic mass is 9.63. The van der Waals surface area contributed by atoms with Crippen molar-refractivity contribution in [3.8, 4) is 0 Å². The Labute approximate surface area is 131 Å². The van der Waals surface area contributed by atoms with Crippen LogP contribution in [0.5, 0.6) is 0 Å². The van der Waals surface area contributed by atoms with E-state index in [1.807, 2.05) is 18.2 Å². The third-order valence-corrected chi connectivity index (χ3v) is 4.81. The van der Waals surface area contributed by atoms with Crippen molar-refractivity contribution in [1.29, 1.82) is 0 Å². The highest BCUT2D eigenvalue weighted by molar-refractivity contribution is 6.31. The van der Waals surface area contributed by atoms with Crippen molar-refractivity contribution >= 4 is 28.6 Å². The minimum atomic E-state index is 0.321. The second kappa shape index (κ2) is 4.64. The number of nitrogen functional groups attached to an aromatic ring is 1. The fourth-order valence-electron chi connectivity index (χ4n) is 4.44. The molecule has 2 aromatic rings. The van der Waals surface area contributed by atoms with Crippen molar-refractivity contribution in [2.24, 2.45) is 10.8 Å². The first-order valence-electron chi connectivity index (χ1n) is 7.60. The third-order valence-electron chi connectivity index (χ3n) is 4.58. The molecule has 0 amide bonds. The summed E-state index contributed by atoms with van der Waals surface area (Å²) in [6.07, 6.45) is 3.51. The van der Waals surface area contributed by atoms with Gasteiger partial charge in [-0.25, -0.2) is 4.98 Å². The number of nitrogens with zero attached hydrogens (tertiary/aromatic N) is 2. The Balaban J connectivity index is 2.09. The molecule has 3 rings (SSSR count). The van der Waals surface area contributed by atoms with Gasteiger partial charge < -0.3 is 10.3 Å². The molecular formula is C17H24ClN3. The number of benzene rings is 1. The van der Waals surface area contributed by atoms with Crippen LogP contribution in [0.25, 0.3) is 11.0 Å². The highest BCUT2D eigenvalue weighted by Crippen LogP contribution is 2.51. The fourth-order valence-corrected chi connectivity index (χ4v) is 4.61. The van der Waals surface area contributed by atoms with Gasteiger partial charge in [0.2, 0.25) is 5.95 Å². The smallest absolute Gasteiger partial charge is 0.201 e. The molecular weight excluding hydrogens is 282 g/mol. The molecule has 1 heterocycles. The average molecular weight is 306 g/mol. The highest BCUT2D eigenvalue weighted by Gasteiger charge is 2.40. The van der Waals surface area contributed by atoms with E-state index in [4.69, 9.17) is 17.3 Å². The van der Waals surface area contributed by atoms with E-state index in [0.717, 1.165) is 23.9 Å². The van der Waals surface area contributed by atoms with Crippen molar-refractivity contribution in [2.75, 3.05) is 5.73 Å². The molecule has 21 heavy (non-hydrogen) atoms. The molecule has 0 radical (unpaired) electrons. The van der Waals surface area contributed by atoms with Crippen molar-refractivity contribution in [2.45, 2.75) is 53.0 Å². The summed E-state index contributed by atoms with van der Waals surface area (Å²) in [5, 5.41) is 0.705. The predicted molar refractivity (Wildman–Crippen MR) is 89.6 cm³/mol. The summed E-state index contributed by atoms with van der Waals surface area (Å²) >= 11 is 6.07. The molecule has 0 aliphatic heterocycles. The molecule has 2 N–H and O–H groups in total. The van der Waals surface area contributed by atoms with Gasteiger partial charge in [-0.15, -0.1) is 0 Å². The number of halogens is 1. The van der Waals surface area contributed by atoms with Gasteiger partial charge in [-0.05, 0) is 48.3 Å². The first kappa shape index (κ1) is 14.7. The van der Waals surface area contributed by atoms with E-state index >= 15 is 0 Å². The number of imidazole rings is 1. The van der Waals surface area contributed by atoms with E-state index in [0.29, 0.717) is 27.8 Å². The van der Waals surface area contributed by atoms with Crippen LogP contribution in [-0.4, -0.2) is 9.55 Å². The van der Waals surface area contributed by atoms with Gasteiger partial charge in [0.1, 0.15) is 0 Å². The molecule has 1 aliphatic rings. The van der Waals surface area contributed by atoms with E-state index in [1.165, 1.54) is 6.42 Å². The largest absolute Gasteiger partial charge is 0.369 e. The number of fused-ring (bicyclic) bond motifs is 1. The van der Waals surface area contributed by atoms with Gasteiger partial charge >= 0.3 is 0 Å². The van der Waals surface area contributed by atoms with E-state index in [1.54, 1.807) is 0 Å². The van der Waals surface area contributed by atoms with Crippen molar-refractivity contribution in [3.63, 3.8) is 0 Å². The van der Waals surface area contributed by atoms with E-state index in [2.05, 4.69) is 37.2 Å². The lowest BCUT2D eigenvalue weighted by Gasteiger charge is -2.45. The summed E-state index contributed by atoms with van der Waals surface area (Å²) in [5.41, 5.74) is 8.85. The van der Waals surface area contributed by atoms with Gasteiger partial charge in [0.25, 0.3) is 0 Å². The molecule has 3 nitrogen and oxygen atoms in total. The molecule has 0 unspecified atom stereocenters. The standard InChI is InChI=1S/C17H24ClN3/c1-16(2)8-12(9-17(3,4)10-16)21-14-6-5-11(18)7-13(14)20-15(21)19/h5-7,12H,8-10H2,1-4H3,(H2,19,20). The molecule has 0 spiro atoms. The average Bonchev–Trinajstić information content (AvgIpc) is 2.59. The zero-order chi connectivity index (χ0) is 15.4. The maximum Gasteiger partial charge on any atom is 0.201 e. The maximum absolute atomic E-state index is 6.22. The second-order valence-electron chi connectivity index (χ2n) is 8.04. The first-order chi connectivity index (χ1) is 9.67. The van der Waals surface area contributed by atoms with Crippen molar-refractivity contribution in [1.82, 2.24) is 9.55 Å². The van der Waals surface area contributed by atoms with Crippen molar-refractivity contribution in [3.05, 3.63) is 23.2 Å². The minimum absolute atomic E-state index is 0.321. The van der Waals surface area contributed by atoms with Gasteiger partial charge in [-0.2, -0.15) is 0 Å². The molecule has 1 aromatic heterocycles. The summed E-state index contributed by atoms with van der Waals surface area (Å²) in [6, 6.07) is 6.24. The Bertz CT molecular complexity index is 669. The lowest BCUT2D eigenvalue weighted by Crippen LogP contribution is -2.35. The Kier molecular flexibility index (Phi) is 3.25. The van der Waals surface area contributed by atoms with Gasteiger partial charge in [0.15, 0.2) is 0 Å².